The number of aromatic nitrogens is 2. The zero-order chi connectivity index (χ0) is 22.3. The van der Waals surface area contributed by atoms with Crippen molar-refractivity contribution in [2.45, 2.75) is 62.3 Å². The summed E-state index contributed by atoms with van der Waals surface area (Å²) in [6.45, 7) is 10.5. The van der Waals surface area contributed by atoms with Crippen molar-refractivity contribution in [1.29, 1.82) is 0 Å². The fourth-order valence-corrected chi connectivity index (χ4v) is 10.5. The predicted molar refractivity (Wildman–Crippen MR) is 144 cm³/mol. The summed E-state index contributed by atoms with van der Waals surface area (Å²) in [4.78, 5) is 11.3. The molecule has 0 aliphatic carbocycles. The van der Waals surface area contributed by atoms with E-state index >= 15 is 0 Å². The van der Waals surface area contributed by atoms with Gasteiger partial charge in [-0.2, -0.15) is 0 Å². The Kier molecular flexibility index (Phi) is 9.98. The number of aryl methyl sites for hydroxylation is 1. The molecule has 4 aromatic rings. The van der Waals surface area contributed by atoms with Gasteiger partial charge >= 0.3 is 159 Å². The molecule has 0 radical (unpaired) electrons. The van der Waals surface area contributed by atoms with E-state index in [9.17, 15) is 0 Å². The van der Waals surface area contributed by atoms with E-state index in [-0.39, 0.29) is 0 Å². The third-order valence-electron chi connectivity index (χ3n) is 4.53. The summed E-state index contributed by atoms with van der Waals surface area (Å²) >= 11 is 3.07. The first-order valence-corrected chi connectivity index (χ1v) is 23.1. The molecule has 162 valence electrons. The first kappa shape index (κ1) is 25.5. The molecule has 6 heteroatoms. The van der Waals surface area contributed by atoms with Crippen LogP contribution < -0.4 is 2.89 Å². The third-order valence-corrected chi connectivity index (χ3v) is 16.7. The molecule has 4 rings (SSSR count). The maximum atomic E-state index is 4.62. The van der Waals surface area contributed by atoms with Gasteiger partial charge in [-0.1, -0.05) is 40.5 Å². The summed E-state index contributed by atoms with van der Waals surface area (Å²) in [5, 5.41) is 0. The van der Waals surface area contributed by atoms with Crippen LogP contribution in [0.2, 0.25) is 14.8 Å². The van der Waals surface area contributed by atoms with Crippen LogP contribution in [0.1, 0.15) is 45.4 Å². The van der Waals surface area contributed by atoms with E-state index in [1.165, 1.54) is 50.3 Å². The van der Waals surface area contributed by atoms with Crippen molar-refractivity contribution < 1.29 is 0 Å². The van der Waals surface area contributed by atoms with E-state index in [1.54, 1.807) is 2.89 Å². The zero-order valence-corrected chi connectivity index (χ0v) is 24.8. The van der Waals surface area contributed by atoms with E-state index in [2.05, 4.69) is 80.7 Å². The summed E-state index contributed by atoms with van der Waals surface area (Å²) in [6, 6.07) is 13.4. The summed E-state index contributed by atoms with van der Waals surface area (Å²) in [5.41, 5.74) is 4.50. The Hall–Kier alpha value is -0.761. The first-order chi connectivity index (χ1) is 14.3. The van der Waals surface area contributed by atoms with Crippen LogP contribution in [0.25, 0.3) is 31.9 Å². The van der Waals surface area contributed by atoms with Crippen LogP contribution in [-0.4, -0.2) is 27.1 Å². The number of fused-ring (bicyclic) bond motifs is 1. The summed E-state index contributed by atoms with van der Waals surface area (Å²) in [5.74, 6) is 0. The third kappa shape index (κ3) is 6.15. The Morgan fingerprint density at radius 3 is 1.63 bits per heavy atom. The summed E-state index contributed by atoms with van der Waals surface area (Å²) in [6.07, 6.45) is 2.64. The molecule has 30 heavy (non-hydrogen) atoms. The van der Waals surface area contributed by atoms with Gasteiger partial charge in [-0.3, -0.25) is 0 Å². The Labute approximate surface area is 198 Å². The Morgan fingerprint density at radius 2 is 1.23 bits per heavy atom. The average molecular weight is 565 g/mol. The fourth-order valence-electron chi connectivity index (χ4n) is 2.73. The van der Waals surface area contributed by atoms with Crippen LogP contribution in [0.3, 0.4) is 0 Å². The van der Waals surface area contributed by atoms with Gasteiger partial charge in [0.15, 0.2) is 0 Å². The molecule has 0 fully saturated rings. The van der Waals surface area contributed by atoms with Crippen LogP contribution >= 0.6 is 34.4 Å². The number of rotatable bonds is 4. The van der Waals surface area contributed by atoms with Crippen molar-refractivity contribution in [2.24, 2.45) is 0 Å². The number of hydrogen-bond acceptors (Lipinski definition) is 5. The molecule has 2 nitrogen and oxygen atoms in total. The van der Waals surface area contributed by atoms with E-state index in [1.807, 2.05) is 36.5 Å². The van der Waals surface area contributed by atoms with Crippen LogP contribution in [0.4, 0.5) is 0 Å². The molecule has 0 saturated heterocycles. The maximum absolute atomic E-state index is 4.62. The van der Waals surface area contributed by atoms with Gasteiger partial charge in [-0.15, -0.1) is 0 Å². The minimum atomic E-state index is -2.01. The second-order valence-corrected chi connectivity index (χ2v) is 26.3. The Bertz CT molecular complexity index is 1050. The Morgan fingerprint density at radius 1 is 0.733 bits per heavy atom. The molecule has 0 saturated carbocycles. The van der Waals surface area contributed by atoms with E-state index in [0.29, 0.717) is 0 Å². The van der Waals surface area contributed by atoms with Gasteiger partial charge in [0.2, 0.25) is 0 Å². The van der Waals surface area contributed by atoms with Crippen LogP contribution in [0.15, 0.2) is 36.4 Å². The fraction of sp³-hybridized carbons (Fsp3) is 0.417. The van der Waals surface area contributed by atoms with Crippen molar-refractivity contribution in [3.63, 3.8) is 0 Å². The van der Waals surface area contributed by atoms with E-state index in [4.69, 9.17) is 0 Å². The standard InChI is InChI=1S/C15H9N2S3.C4H10.C2H6.3CH3.Sn/c1-9-4-7-13(19-9)11-6-5-10(12-3-2-8-18-12)14-15(11)17-20-16-14;1-3-4-2;1-2;;;;/h2-7H,1H3;3-4H2,1-2H3;1-2H3;3*1H3;. The second-order valence-electron chi connectivity index (χ2n) is 7.95. The molecule has 0 aliphatic heterocycles. The molecule has 0 bridgehead atoms. The molecule has 0 aliphatic rings. The normalized spacial score (nSPS) is 10.9. The van der Waals surface area contributed by atoms with Gasteiger partial charge in [0.25, 0.3) is 0 Å². The van der Waals surface area contributed by atoms with Crippen molar-refractivity contribution in [2.75, 3.05) is 0 Å². The second kappa shape index (κ2) is 11.7. The molecule has 0 atom stereocenters. The zero-order valence-electron chi connectivity index (χ0n) is 19.5. The molecule has 3 aromatic heterocycles. The van der Waals surface area contributed by atoms with Gasteiger partial charge in [0, 0.05) is 0 Å². The SMILES string of the molecule is CC.CCCC.Cc1ccc(-c2ccc(-c3cc[c]([Sn]([CH3])([CH3])[CH3])s3)c3nsnc23)s1. The molecule has 0 amide bonds. The topological polar surface area (TPSA) is 25.8 Å². The molecule has 3 heterocycles. The van der Waals surface area contributed by atoms with E-state index in [0.717, 1.165) is 11.0 Å². The summed E-state index contributed by atoms with van der Waals surface area (Å²) < 4.78 is 10.8. The molecule has 0 spiro atoms. The molecule has 0 unspecified atom stereocenters. The van der Waals surface area contributed by atoms with Crippen molar-refractivity contribution in [1.82, 2.24) is 8.75 Å². The number of nitrogens with zero attached hydrogens (tertiary/aromatic N) is 2. The van der Waals surface area contributed by atoms with Gasteiger partial charge in [-0.25, -0.2) is 0 Å². The van der Waals surface area contributed by atoms with E-state index < -0.39 is 18.4 Å². The predicted octanol–water partition coefficient (Wildman–Crippen LogP) is 8.83. The number of unbranched alkanes of at least 4 members (excludes halogenated alkanes) is 1. The number of hydrogen-bond donors (Lipinski definition) is 0. The van der Waals surface area contributed by atoms with Crippen molar-refractivity contribution in [3.8, 4) is 20.9 Å². The van der Waals surface area contributed by atoms with Gasteiger partial charge in [-0.05, 0) is 0 Å². The van der Waals surface area contributed by atoms with Gasteiger partial charge in [0.05, 0.1) is 0 Å². The molecule has 1 aromatic carbocycles. The van der Waals surface area contributed by atoms with Crippen LogP contribution in [0.5, 0.6) is 0 Å². The van der Waals surface area contributed by atoms with Crippen molar-refractivity contribution >= 4 is 66.7 Å². The van der Waals surface area contributed by atoms with Crippen LogP contribution in [0, 0.1) is 6.92 Å². The monoisotopic (exact) mass is 566 g/mol. The quantitative estimate of drug-likeness (QED) is 0.231. The Balaban J connectivity index is 0.000000481. The minimum absolute atomic E-state index is 1.04. The number of benzene rings is 1. The molecular weight excluding hydrogens is 531 g/mol. The van der Waals surface area contributed by atoms with Crippen LogP contribution in [-0.2, 0) is 0 Å². The first-order valence-electron chi connectivity index (χ1n) is 10.8. The average Bonchev–Trinajstić information content (AvgIpc) is 3.49. The molecular formula is C24H34N2S3Sn. The van der Waals surface area contributed by atoms with Gasteiger partial charge in [0.1, 0.15) is 0 Å². The molecule has 0 N–H and O–H groups in total. The number of thiophene rings is 2. The van der Waals surface area contributed by atoms with Gasteiger partial charge < -0.3 is 0 Å². The summed E-state index contributed by atoms with van der Waals surface area (Å²) in [7, 11) is 0. The van der Waals surface area contributed by atoms with Crippen molar-refractivity contribution in [3.05, 3.63) is 41.3 Å².